The molecule has 1 amide bonds. The van der Waals surface area contributed by atoms with Crippen molar-refractivity contribution >= 4 is 29.1 Å². The van der Waals surface area contributed by atoms with E-state index in [1.807, 2.05) is 69.3 Å². The standard InChI is InChI=1S/C29H30N2O6/c1-18-15-29(36-25(18)32)21-12-9-13-22-24(21)20(16-31(22)27(34)37-28(2,3)4)14-23(29)30(5)26(33)35-17-19-10-7-6-8-11-19/h6-13,15-16,23H,14,17H2,1-5H3/t23-,29+/m1/s1. The van der Waals surface area contributed by atoms with Crippen molar-refractivity contribution in [2.45, 2.75) is 58.0 Å². The zero-order valence-corrected chi connectivity index (χ0v) is 21.6. The minimum atomic E-state index is -1.21. The van der Waals surface area contributed by atoms with E-state index in [2.05, 4.69) is 0 Å². The van der Waals surface area contributed by atoms with Crippen LogP contribution in [0.4, 0.5) is 9.59 Å². The molecule has 1 aliphatic carbocycles. The topological polar surface area (TPSA) is 87.1 Å². The molecule has 0 unspecified atom stereocenters. The van der Waals surface area contributed by atoms with Crippen LogP contribution in [0.25, 0.3) is 10.9 Å². The van der Waals surface area contributed by atoms with E-state index >= 15 is 0 Å². The van der Waals surface area contributed by atoms with Gasteiger partial charge in [-0.1, -0.05) is 42.5 Å². The summed E-state index contributed by atoms with van der Waals surface area (Å²) < 4.78 is 18.8. The van der Waals surface area contributed by atoms with E-state index in [4.69, 9.17) is 14.2 Å². The Balaban J connectivity index is 1.55. The lowest BCUT2D eigenvalue weighted by molar-refractivity contribution is -0.152. The van der Waals surface area contributed by atoms with E-state index in [0.29, 0.717) is 23.1 Å². The highest BCUT2D eigenvalue weighted by Gasteiger charge is 2.53. The first-order chi connectivity index (χ1) is 17.5. The summed E-state index contributed by atoms with van der Waals surface area (Å²) in [5, 5.41) is 0.814. The van der Waals surface area contributed by atoms with Gasteiger partial charge in [0.1, 0.15) is 12.2 Å². The van der Waals surface area contributed by atoms with Gasteiger partial charge in [0.15, 0.2) is 5.60 Å². The SMILES string of the molecule is CC1=C[C@]2(OC1=O)c1cccc3c1c(cn3C(=O)OC(C)(C)C)C[C@H]2N(C)C(=O)OCc1ccccc1. The third-order valence-corrected chi connectivity index (χ3v) is 6.80. The van der Waals surface area contributed by atoms with Gasteiger partial charge in [-0.15, -0.1) is 0 Å². The van der Waals surface area contributed by atoms with Crippen LogP contribution in [-0.2, 0) is 37.6 Å². The summed E-state index contributed by atoms with van der Waals surface area (Å²) in [4.78, 5) is 40.4. The Hall–Kier alpha value is -4.07. The average Bonchev–Trinajstić information content (AvgIpc) is 3.37. The maximum atomic E-state index is 13.2. The molecule has 2 atom stereocenters. The van der Waals surface area contributed by atoms with E-state index in [9.17, 15) is 14.4 Å². The quantitative estimate of drug-likeness (QED) is 0.356. The molecule has 3 aromatic rings. The van der Waals surface area contributed by atoms with Crippen molar-refractivity contribution in [2.75, 3.05) is 7.05 Å². The molecule has 2 aromatic carbocycles. The Morgan fingerprint density at radius 2 is 1.86 bits per heavy atom. The number of ether oxygens (including phenoxy) is 3. The number of likely N-dealkylation sites (N-methyl/N-ethyl adjacent to an activating group) is 1. The number of nitrogens with zero attached hydrogens (tertiary/aromatic N) is 2. The average molecular weight is 503 g/mol. The zero-order chi connectivity index (χ0) is 26.5. The summed E-state index contributed by atoms with van der Waals surface area (Å²) in [6, 6.07) is 14.4. The highest BCUT2D eigenvalue weighted by atomic mass is 16.6. The monoisotopic (exact) mass is 502 g/mol. The largest absolute Gasteiger partial charge is 0.445 e. The lowest BCUT2D eigenvalue weighted by atomic mass is 9.75. The van der Waals surface area contributed by atoms with Crippen LogP contribution in [0, 0.1) is 0 Å². The van der Waals surface area contributed by atoms with Crippen molar-refractivity contribution in [3.05, 3.63) is 83.1 Å². The Morgan fingerprint density at radius 1 is 1.14 bits per heavy atom. The maximum Gasteiger partial charge on any atom is 0.419 e. The molecule has 2 heterocycles. The molecule has 1 spiro atoms. The van der Waals surface area contributed by atoms with Crippen molar-refractivity contribution in [3.8, 4) is 0 Å². The zero-order valence-electron chi connectivity index (χ0n) is 21.6. The molecule has 0 saturated heterocycles. The fourth-order valence-corrected chi connectivity index (χ4v) is 5.16. The highest BCUT2D eigenvalue weighted by Crippen LogP contribution is 2.48. The van der Waals surface area contributed by atoms with E-state index in [1.165, 1.54) is 9.47 Å². The van der Waals surface area contributed by atoms with Crippen LogP contribution in [0.5, 0.6) is 0 Å². The molecular weight excluding hydrogens is 472 g/mol. The lowest BCUT2D eigenvalue weighted by Crippen LogP contribution is -2.54. The number of hydrogen-bond acceptors (Lipinski definition) is 6. The second-order valence-electron chi connectivity index (χ2n) is 10.6. The van der Waals surface area contributed by atoms with E-state index in [-0.39, 0.29) is 6.61 Å². The number of benzene rings is 2. The van der Waals surface area contributed by atoms with Crippen molar-refractivity contribution < 1.29 is 28.6 Å². The van der Waals surface area contributed by atoms with Crippen LogP contribution < -0.4 is 0 Å². The van der Waals surface area contributed by atoms with Gasteiger partial charge in [0.25, 0.3) is 0 Å². The predicted molar refractivity (Wildman–Crippen MR) is 137 cm³/mol. The molecular formula is C29H30N2O6. The van der Waals surface area contributed by atoms with Crippen molar-refractivity contribution in [3.63, 3.8) is 0 Å². The summed E-state index contributed by atoms with van der Waals surface area (Å²) >= 11 is 0. The minimum absolute atomic E-state index is 0.119. The van der Waals surface area contributed by atoms with Crippen molar-refractivity contribution in [1.82, 2.24) is 9.47 Å². The first-order valence-corrected chi connectivity index (χ1v) is 12.2. The molecule has 2 aliphatic rings. The molecule has 37 heavy (non-hydrogen) atoms. The first kappa shape index (κ1) is 24.6. The molecule has 0 bridgehead atoms. The van der Waals surface area contributed by atoms with E-state index in [0.717, 1.165) is 16.5 Å². The fraction of sp³-hybridized carbons (Fsp3) is 0.345. The van der Waals surface area contributed by atoms with Crippen molar-refractivity contribution in [2.24, 2.45) is 0 Å². The van der Waals surface area contributed by atoms with Gasteiger partial charge in [-0.3, -0.25) is 4.57 Å². The Morgan fingerprint density at radius 3 is 2.51 bits per heavy atom. The van der Waals surface area contributed by atoms with Gasteiger partial charge in [0.05, 0.1) is 11.6 Å². The van der Waals surface area contributed by atoms with Gasteiger partial charge in [0, 0.05) is 29.8 Å². The number of hydrogen-bond donors (Lipinski definition) is 0. The number of esters is 1. The molecule has 0 radical (unpaired) electrons. The molecule has 192 valence electrons. The van der Waals surface area contributed by atoms with Crippen LogP contribution in [0.15, 0.2) is 66.4 Å². The van der Waals surface area contributed by atoms with E-state index < -0.39 is 35.4 Å². The number of amides is 1. The smallest absolute Gasteiger partial charge is 0.419 e. The number of fused-ring (bicyclic) bond motifs is 1. The Bertz CT molecular complexity index is 1430. The van der Waals surface area contributed by atoms with Crippen LogP contribution in [0.2, 0.25) is 0 Å². The maximum absolute atomic E-state index is 13.2. The summed E-state index contributed by atoms with van der Waals surface area (Å²) in [7, 11) is 1.64. The second-order valence-corrected chi connectivity index (χ2v) is 10.6. The lowest BCUT2D eigenvalue weighted by Gasteiger charge is -2.43. The van der Waals surface area contributed by atoms with Crippen molar-refractivity contribution in [1.29, 1.82) is 0 Å². The van der Waals surface area contributed by atoms with Crippen LogP contribution in [0.3, 0.4) is 0 Å². The minimum Gasteiger partial charge on any atom is -0.445 e. The van der Waals surface area contributed by atoms with Gasteiger partial charge >= 0.3 is 18.2 Å². The molecule has 8 nitrogen and oxygen atoms in total. The number of aromatic nitrogens is 1. The summed E-state index contributed by atoms with van der Waals surface area (Å²) in [5.74, 6) is -0.442. The van der Waals surface area contributed by atoms with Crippen LogP contribution >= 0.6 is 0 Å². The number of carbonyl (C=O) groups is 3. The van der Waals surface area contributed by atoms with Gasteiger partial charge in [-0.05, 0) is 57.4 Å². The van der Waals surface area contributed by atoms with E-state index in [1.54, 1.807) is 26.2 Å². The van der Waals surface area contributed by atoms with Gasteiger partial charge < -0.3 is 19.1 Å². The summed E-state index contributed by atoms with van der Waals surface area (Å²) in [6.45, 7) is 7.26. The Kier molecular flexibility index (Phi) is 5.85. The van der Waals surface area contributed by atoms with Gasteiger partial charge in [0.2, 0.25) is 0 Å². The van der Waals surface area contributed by atoms with Crippen LogP contribution in [-0.4, -0.2) is 46.3 Å². The predicted octanol–water partition coefficient (Wildman–Crippen LogP) is 5.32. The van der Waals surface area contributed by atoms with Gasteiger partial charge in [-0.2, -0.15) is 0 Å². The number of carbonyl (C=O) groups excluding carboxylic acids is 3. The molecule has 5 rings (SSSR count). The second kappa shape index (κ2) is 8.80. The third kappa shape index (κ3) is 4.26. The normalized spacial score (nSPS) is 20.5. The summed E-state index contributed by atoms with van der Waals surface area (Å²) in [6.07, 6.45) is 2.84. The molecule has 0 saturated carbocycles. The molecule has 0 N–H and O–H groups in total. The van der Waals surface area contributed by atoms with Gasteiger partial charge in [-0.25, -0.2) is 14.4 Å². The molecule has 1 aromatic heterocycles. The molecule has 8 heteroatoms. The summed E-state index contributed by atoms with van der Waals surface area (Å²) in [5.41, 5.74) is 1.67. The third-order valence-electron chi connectivity index (χ3n) is 6.80. The number of rotatable bonds is 3. The first-order valence-electron chi connectivity index (χ1n) is 12.2. The fourth-order valence-electron chi connectivity index (χ4n) is 5.16. The highest BCUT2D eigenvalue weighted by molar-refractivity contribution is 5.98. The Labute approximate surface area is 215 Å². The molecule has 0 fully saturated rings. The van der Waals surface area contributed by atoms with Crippen LogP contribution in [0.1, 0.15) is 44.4 Å². The molecule has 1 aliphatic heterocycles.